The van der Waals surface area contributed by atoms with Gasteiger partial charge < -0.3 is 15.2 Å². The Bertz CT molecular complexity index is 373. The van der Waals surface area contributed by atoms with Crippen molar-refractivity contribution in [2.45, 2.75) is 19.9 Å². The van der Waals surface area contributed by atoms with E-state index in [1.54, 1.807) is 44.2 Å². The van der Waals surface area contributed by atoms with E-state index in [1.165, 1.54) is 0 Å². The number of nitrogens with one attached hydrogen (secondary N) is 1. The molecule has 0 aliphatic heterocycles. The average Bonchev–Trinajstić information content (AvgIpc) is 2.25. The summed E-state index contributed by atoms with van der Waals surface area (Å²) in [6.45, 7) is 3.43. The predicted octanol–water partition coefficient (Wildman–Crippen LogP) is 0.191. The lowest BCUT2D eigenvalue weighted by Crippen LogP contribution is -2.50. The lowest BCUT2D eigenvalue weighted by molar-refractivity contribution is -0.309. The fraction of sp³-hybridized carbons (Fsp3) is 0.333. The number of amides is 1. The van der Waals surface area contributed by atoms with E-state index in [1.807, 2.05) is 0 Å². The van der Waals surface area contributed by atoms with Crippen molar-refractivity contribution < 1.29 is 14.7 Å². The lowest BCUT2D eigenvalue weighted by Gasteiger charge is -2.23. The van der Waals surface area contributed by atoms with Crippen LogP contribution in [0.3, 0.4) is 0 Å². The van der Waals surface area contributed by atoms with E-state index in [2.05, 4.69) is 5.32 Å². The smallest absolute Gasteiger partial charge is 0.251 e. The third-order valence-corrected chi connectivity index (χ3v) is 2.24. The highest BCUT2D eigenvalue weighted by Crippen LogP contribution is 2.04. The van der Waals surface area contributed by atoms with E-state index >= 15 is 0 Å². The minimum absolute atomic E-state index is 0.210. The Morgan fingerprint density at radius 2 is 1.75 bits per heavy atom. The second-order valence-electron chi connectivity index (χ2n) is 3.88. The van der Waals surface area contributed by atoms with Gasteiger partial charge in [-0.3, -0.25) is 4.79 Å². The largest absolute Gasteiger partial charge is 0.548 e. The van der Waals surface area contributed by atoms with Crippen LogP contribution in [0.1, 0.15) is 24.2 Å². The molecule has 86 valence electrons. The van der Waals surface area contributed by atoms with Gasteiger partial charge in [-0.25, -0.2) is 0 Å². The molecule has 1 aromatic carbocycles. The molecule has 0 saturated heterocycles. The van der Waals surface area contributed by atoms with Gasteiger partial charge in [0.05, 0.1) is 12.0 Å². The Kier molecular flexibility index (Phi) is 4.05. The summed E-state index contributed by atoms with van der Waals surface area (Å²) in [6.07, 6.45) is 0. The second-order valence-corrected chi connectivity index (χ2v) is 3.88. The summed E-state index contributed by atoms with van der Waals surface area (Å²) in [5.74, 6) is -1.87. The minimum atomic E-state index is -1.26. The molecule has 0 spiro atoms. The van der Waals surface area contributed by atoms with Crippen molar-refractivity contribution in [1.82, 2.24) is 5.32 Å². The Labute approximate surface area is 94.3 Å². The summed E-state index contributed by atoms with van der Waals surface area (Å²) >= 11 is 0. The molecule has 0 aliphatic carbocycles. The molecule has 0 fully saturated rings. The quantitative estimate of drug-likeness (QED) is 0.787. The summed E-state index contributed by atoms with van der Waals surface area (Å²) in [5.41, 5.74) is 0.439. The highest BCUT2D eigenvalue weighted by atomic mass is 16.4. The zero-order valence-corrected chi connectivity index (χ0v) is 9.27. The maximum Gasteiger partial charge on any atom is 0.251 e. The molecule has 0 heterocycles. The van der Waals surface area contributed by atoms with Crippen molar-refractivity contribution in [1.29, 1.82) is 0 Å². The number of carbonyl (C=O) groups is 2. The molecular formula is C12H14NO3-. The molecule has 0 saturated carbocycles. The monoisotopic (exact) mass is 220 g/mol. The first-order valence-corrected chi connectivity index (χ1v) is 5.09. The zero-order chi connectivity index (χ0) is 12.1. The Morgan fingerprint density at radius 3 is 2.19 bits per heavy atom. The topological polar surface area (TPSA) is 69.2 Å². The summed E-state index contributed by atoms with van der Waals surface area (Å²) in [6, 6.07) is 7.52. The lowest BCUT2D eigenvalue weighted by atomic mass is 10.0. The highest BCUT2D eigenvalue weighted by Gasteiger charge is 2.17. The van der Waals surface area contributed by atoms with Crippen LogP contribution >= 0.6 is 0 Å². The van der Waals surface area contributed by atoms with Crippen LogP contribution in [0.15, 0.2) is 30.3 Å². The van der Waals surface area contributed by atoms with Crippen molar-refractivity contribution in [3.05, 3.63) is 35.9 Å². The number of carboxylic acids is 1. The number of rotatable bonds is 4. The van der Waals surface area contributed by atoms with E-state index < -0.39 is 17.9 Å². The first-order chi connectivity index (χ1) is 7.52. The van der Waals surface area contributed by atoms with Gasteiger partial charge in [0.1, 0.15) is 0 Å². The van der Waals surface area contributed by atoms with E-state index in [0.717, 1.165) is 0 Å². The average molecular weight is 220 g/mol. The van der Waals surface area contributed by atoms with Crippen molar-refractivity contribution in [2.75, 3.05) is 0 Å². The van der Waals surface area contributed by atoms with Gasteiger partial charge in [0.2, 0.25) is 0 Å². The Balaban J connectivity index is 2.74. The van der Waals surface area contributed by atoms with Gasteiger partial charge in [0, 0.05) is 5.56 Å². The van der Waals surface area contributed by atoms with Crippen LogP contribution in [0.4, 0.5) is 0 Å². The van der Waals surface area contributed by atoms with Gasteiger partial charge in [-0.05, 0) is 18.1 Å². The van der Waals surface area contributed by atoms with Crippen LogP contribution in [0.25, 0.3) is 0 Å². The van der Waals surface area contributed by atoms with Gasteiger partial charge in [-0.15, -0.1) is 0 Å². The SMILES string of the molecule is CC(C)C(NC(=O)c1ccccc1)C(=O)[O-]. The van der Waals surface area contributed by atoms with Gasteiger partial charge >= 0.3 is 0 Å². The summed E-state index contributed by atoms with van der Waals surface area (Å²) in [5, 5.41) is 13.2. The molecule has 1 unspecified atom stereocenters. The van der Waals surface area contributed by atoms with E-state index in [9.17, 15) is 14.7 Å². The molecule has 0 aromatic heterocycles. The van der Waals surface area contributed by atoms with Crippen molar-refractivity contribution in [3.63, 3.8) is 0 Å². The molecule has 1 N–H and O–H groups in total. The van der Waals surface area contributed by atoms with E-state index in [0.29, 0.717) is 5.56 Å². The fourth-order valence-corrected chi connectivity index (χ4v) is 1.31. The summed E-state index contributed by atoms with van der Waals surface area (Å²) in [4.78, 5) is 22.4. The third-order valence-electron chi connectivity index (χ3n) is 2.24. The van der Waals surface area contributed by atoms with Crippen molar-refractivity contribution in [2.24, 2.45) is 5.92 Å². The number of aliphatic carboxylic acids is 1. The molecular weight excluding hydrogens is 206 g/mol. The number of carbonyl (C=O) groups excluding carboxylic acids is 2. The van der Waals surface area contributed by atoms with Crippen molar-refractivity contribution >= 4 is 11.9 Å². The molecule has 0 aliphatic rings. The molecule has 1 amide bonds. The molecule has 4 nitrogen and oxygen atoms in total. The van der Waals surface area contributed by atoms with Gasteiger partial charge in [0.15, 0.2) is 0 Å². The molecule has 16 heavy (non-hydrogen) atoms. The molecule has 1 atom stereocenters. The third kappa shape index (κ3) is 3.08. The van der Waals surface area contributed by atoms with E-state index in [-0.39, 0.29) is 5.92 Å². The Hall–Kier alpha value is -1.84. The second kappa shape index (κ2) is 5.30. The van der Waals surface area contributed by atoms with Gasteiger partial charge in [-0.1, -0.05) is 32.0 Å². The van der Waals surface area contributed by atoms with Crippen LogP contribution in [-0.4, -0.2) is 17.9 Å². The number of benzene rings is 1. The van der Waals surface area contributed by atoms with Crippen LogP contribution in [0.5, 0.6) is 0 Å². The minimum Gasteiger partial charge on any atom is -0.548 e. The molecule has 0 radical (unpaired) electrons. The number of hydrogen-bond donors (Lipinski definition) is 1. The molecule has 4 heteroatoms. The maximum absolute atomic E-state index is 11.7. The standard InChI is InChI=1S/C12H15NO3/c1-8(2)10(12(15)16)13-11(14)9-6-4-3-5-7-9/h3-8,10H,1-2H3,(H,13,14)(H,15,16)/p-1. The van der Waals surface area contributed by atoms with E-state index in [4.69, 9.17) is 0 Å². The van der Waals surface area contributed by atoms with Crippen LogP contribution in [-0.2, 0) is 4.79 Å². The number of carboxylic acid groups (broad SMARTS) is 1. The van der Waals surface area contributed by atoms with Crippen LogP contribution in [0.2, 0.25) is 0 Å². The summed E-state index contributed by atoms with van der Waals surface area (Å²) < 4.78 is 0. The highest BCUT2D eigenvalue weighted by molar-refractivity contribution is 5.96. The fourth-order valence-electron chi connectivity index (χ4n) is 1.31. The van der Waals surface area contributed by atoms with Crippen LogP contribution < -0.4 is 10.4 Å². The first-order valence-electron chi connectivity index (χ1n) is 5.09. The van der Waals surface area contributed by atoms with Gasteiger partial charge in [0.25, 0.3) is 5.91 Å². The maximum atomic E-state index is 11.7. The molecule has 1 aromatic rings. The normalized spacial score (nSPS) is 12.2. The summed E-state index contributed by atoms with van der Waals surface area (Å²) in [7, 11) is 0. The first kappa shape index (κ1) is 12.2. The Morgan fingerprint density at radius 1 is 1.19 bits per heavy atom. The zero-order valence-electron chi connectivity index (χ0n) is 9.27. The number of hydrogen-bond acceptors (Lipinski definition) is 3. The van der Waals surface area contributed by atoms with Crippen LogP contribution in [0, 0.1) is 5.92 Å². The molecule has 1 rings (SSSR count). The van der Waals surface area contributed by atoms with Gasteiger partial charge in [-0.2, -0.15) is 0 Å². The van der Waals surface area contributed by atoms with Crippen molar-refractivity contribution in [3.8, 4) is 0 Å². The molecule has 0 bridgehead atoms. The predicted molar refractivity (Wildman–Crippen MR) is 57.5 cm³/mol.